The van der Waals surface area contributed by atoms with Crippen LogP contribution in [0.5, 0.6) is 0 Å². The fourth-order valence-electron chi connectivity index (χ4n) is 3.31. The van der Waals surface area contributed by atoms with Crippen LogP contribution in [0.3, 0.4) is 0 Å². The van der Waals surface area contributed by atoms with E-state index < -0.39 is 5.91 Å². The van der Waals surface area contributed by atoms with Gasteiger partial charge in [0.25, 0.3) is 11.8 Å². The van der Waals surface area contributed by atoms with Gasteiger partial charge in [-0.15, -0.1) is 0 Å². The summed E-state index contributed by atoms with van der Waals surface area (Å²) in [7, 11) is 0. The fourth-order valence-corrected chi connectivity index (χ4v) is 3.31. The molecule has 1 fully saturated rings. The van der Waals surface area contributed by atoms with Crippen LogP contribution < -0.4 is 5.73 Å². The van der Waals surface area contributed by atoms with Crippen molar-refractivity contribution >= 4 is 17.8 Å². The van der Waals surface area contributed by atoms with Crippen molar-refractivity contribution in [3.05, 3.63) is 47.8 Å². The quantitative estimate of drug-likeness (QED) is 0.715. The highest BCUT2D eigenvalue weighted by atomic mass is 16.5. The Morgan fingerprint density at radius 2 is 1.86 bits per heavy atom. The Kier molecular flexibility index (Phi) is 6.61. The van der Waals surface area contributed by atoms with Gasteiger partial charge in [-0.05, 0) is 25.5 Å². The Labute approximate surface area is 169 Å². The van der Waals surface area contributed by atoms with Crippen LogP contribution in [0.2, 0.25) is 0 Å². The van der Waals surface area contributed by atoms with E-state index in [1.807, 2.05) is 23.1 Å². The first-order valence-electron chi connectivity index (χ1n) is 9.62. The lowest BCUT2D eigenvalue weighted by molar-refractivity contribution is -0.144. The maximum Gasteiger partial charge on any atom is 0.320 e. The zero-order valence-electron chi connectivity index (χ0n) is 16.4. The largest absolute Gasteiger partial charge is 0.465 e. The number of carbonyl (C=O) groups is 3. The summed E-state index contributed by atoms with van der Waals surface area (Å²) in [5.41, 5.74) is 6.45. The van der Waals surface area contributed by atoms with Crippen molar-refractivity contribution in [1.29, 1.82) is 0 Å². The van der Waals surface area contributed by atoms with Crippen molar-refractivity contribution in [1.82, 2.24) is 19.6 Å². The van der Waals surface area contributed by atoms with E-state index in [4.69, 9.17) is 10.5 Å². The number of rotatable bonds is 6. The molecular formula is C20H25N5O4. The van der Waals surface area contributed by atoms with Crippen molar-refractivity contribution in [3.63, 3.8) is 0 Å². The van der Waals surface area contributed by atoms with Crippen LogP contribution in [0.1, 0.15) is 34.3 Å². The number of hydrogen-bond donors (Lipinski definition) is 1. The molecule has 0 aliphatic carbocycles. The first-order valence-corrected chi connectivity index (χ1v) is 9.62. The van der Waals surface area contributed by atoms with Gasteiger partial charge in [0.05, 0.1) is 18.8 Å². The molecule has 0 spiro atoms. The summed E-state index contributed by atoms with van der Waals surface area (Å²) in [4.78, 5) is 40.2. The Morgan fingerprint density at radius 3 is 2.55 bits per heavy atom. The summed E-state index contributed by atoms with van der Waals surface area (Å²) in [5.74, 6) is -1.18. The van der Waals surface area contributed by atoms with Gasteiger partial charge in [-0.2, -0.15) is 5.10 Å². The molecule has 0 atom stereocenters. The van der Waals surface area contributed by atoms with Gasteiger partial charge in [0.2, 0.25) is 0 Å². The van der Waals surface area contributed by atoms with Crippen LogP contribution in [-0.2, 0) is 9.53 Å². The number of amides is 2. The summed E-state index contributed by atoms with van der Waals surface area (Å²) >= 11 is 0. The van der Waals surface area contributed by atoms with Gasteiger partial charge in [0.1, 0.15) is 5.69 Å². The number of nitrogens with zero attached hydrogens (tertiary/aromatic N) is 4. The normalized spacial score (nSPS) is 15.0. The fraction of sp³-hybridized carbons (Fsp3) is 0.400. The molecule has 2 N–H and O–H groups in total. The average molecular weight is 399 g/mol. The highest BCUT2D eigenvalue weighted by Gasteiger charge is 2.25. The molecule has 1 aliphatic heterocycles. The van der Waals surface area contributed by atoms with E-state index in [0.29, 0.717) is 38.5 Å². The molecule has 0 radical (unpaired) electrons. The summed E-state index contributed by atoms with van der Waals surface area (Å²) in [5, 5.41) is 4.34. The second-order valence-electron chi connectivity index (χ2n) is 6.75. The second-order valence-corrected chi connectivity index (χ2v) is 6.75. The summed E-state index contributed by atoms with van der Waals surface area (Å²) in [6.07, 6.45) is 0.729. The van der Waals surface area contributed by atoms with Gasteiger partial charge in [-0.3, -0.25) is 19.3 Å². The molecule has 1 saturated heterocycles. The number of benzene rings is 1. The number of primary amides is 1. The Hall–Kier alpha value is -3.20. The monoisotopic (exact) mass is 399 g/mol. The molecule has 1 aliphatic rings. The van der Waals surface area contributed by atoms with Gasteiger partial charge < -0.3 is 15.4 Å². The van der Waals surface area contributed by atoms with Gasteiger partial charge in [-0.1, -0.05) is 18.2 Å². The van der Waals surface area contributed by atoms with Crippen molar-refractivity contribution < 1.29 is 19.1 Å². The summed E-state index contributed by atoms with van der Waals surface area (Å²) in [6.45, 7) is 4.61. The molecule has 1 aromatic carbocycles. The van der Waals surface area contributed by atoms with E-state index in [-0.39, 0.29) is 29.8 Å². The van der Waals surface area contributed by atoms with Crippen LogP contribution in [-0.4, -0.2) is 76.7 Å². The zero-order chi connectivity index (χ0) is 20.8. The van der Waals surface area contributed by atoms with E-state index in [1.54, 1.807) is 24.0 Å². The maximum absolute atomic E-state index is 13.0. The minimum atomic E-state index is -0.656. The number of para-hydroxylation sites is 1. The molecule has 0 saturated carbocycles. The summed E-state index contributed by atoms with van der Waals surface area (Å²) in [6, 6.07) is 10.5. The minimum absolute atomic E-state index is 0.151. The first-order chi connectivity index (χ1) is 14.0. The molecule has 3 rings (SSSR count). The molecule has 9 nitrogen and oxygen atoms in total. The van der Waals surface area contributed by atoms with Crippen LogP contribution in [0.4, 0.5) is 0 Å². The molecule has 2 aromatic rings. The Balaban J connectivity index is 1.73. The number of carbonyl (C=O) groups excluding carboxylic acids is 3. The third-order valence-corrected chi connectivity index (χ3v) is 4.72. The topological polar surface area (TPSA) is 111 Å². The predicted molar refractivity (Wildman–Crippen MR) is 106 cm³/mol. The molecule has 2 amide bonds. The molecule has 9 heteroatoms. The van der Waals surface area contributed by atoms with Crippen molar-refractivity contribution in [2.75, 3.05) is 39.3 Å². The number of esters is 1. The number of ether oxygens (including phenoxy) is 1. The molecule has 2 heterocycles. The Morgan fingerprint density at radius 1 is 1.10 bits per heavy atom. The van der Waals surface area contributed by atoms with Crippen LogP contribution in [0.25, 0.3) is 5.69 Å². The standard InChI is InChI=1S/C20H25N5O4/c1-2-29-18(26)14-23-9-6-10-24(12-11-23)20(28)16-13-17(19(21)27)25(22-16)15-7-4-3-5-8-15/h3-5,7-8,13H,2,6,9-12,14H2,1H3,(H2,21,27). The average Bonchev–Trinajstić information content (AvgIpc) is 3.04. The van der Waals surface area contributed by atoms with E-state index in [0.717, 1.165) is 6.42 Å². The lowest BCUT2D eigenvalue weighted by Crippen LogP contribution is -2.37. The highest BCUT2D eigenvalue weighted by molar-refractivity contribution is 5.97. The predicted octanol–water partition coefficient (Wildman–Crippen LogP) is 0.682. The number of hydrogen-bond acceptors (Lipinski definition) is 6. The van der Waals surface area contributed by atoms with E-state index in [1.165, 1.54) is 10.7 Å². The van der Waals surface area contributed by atoms with Gasteiger partial charge in [0, 0.05) is 32.2 Å². The SMILES string of the molecule is CCOC(=O)CN1CCCN(C(=O)c2cc(C(N)=O)n(-c3ccccc3)n2)CC1. The number of nitrogens with two attached hydrogens (primary N) is 1. The zero-order valence-corrected chi connectivity index (χ0v) is 16.4. The van der Waals surface area contributed by atoms with E-state index >= 15 is 0 Å². The third kappa shape index (κ3) is 5.00. The van der Waals surface area contributed by atoms with E-state index in [9.17, 15) is 14.4 Å². The van der Waals surface area contributed by atoms with E-state index in [2.05, 4.69) is 5.10 Å². The van der Waals surface area contributed by atoms with Crippen LogP contribution in [0.15, 0.2) is 36.4 Å². The van der Waals surface area contributed by atoms with Crippen LogP contribution >= 0.6 is 0 Å². The Bertz CT molecular complexity index is 880. The molecule has 0 bridgehead atoms. The number of aromatic nitrogens is 2. The first kappa shape index (κ1) is 20.5. The smallest absolute Gasteiger partial charge is 0.320 e. The minimum Gasteiger partial charge on any atom is -0.465 e. The van der Waals surface area contributed by atoms with Crippen molar-refractivity contribution in [3.8, 4) is 5.69 Å². The van der Waals surface area contributed by atoms with Crippen molar-refractivity contribution in [2.24, 2.45) is 5.73 Å². The molecule has 29 heavy (non-hydrogen) atoms. The van der Waals surface area contributed by atoms with Gasteiger partial charge >= 0.3 is 5.97 Å². The maximum atomic E-state index is 13.0. The molecular weight excluding hydrogens is 374 g/mol. The lowest BCUT2D eigenvalue weighted by atomic mass is 10.3. The molecule has 0 unspecified atom stereocenters. The summed E-state index contributed by atoms with van der Waals surface area (Å²) < 4.78 is 6.38. The lowest BCUT2D eigenvalue weighted by Gasteiger charge is -2.20. The molecule has 154 valence electrons. The highest BCUT2D eigenvalue weighted by Crippen LogP contribution is 2.15. The van der Waals surface area contributed by atoms with Crippen molar-refractivity contribution in [2.45, 2.75) is 13.3 Å². The van der Waals surface area contributed by atoms with Crippen LogP contribution in [0, 0.1) is 0 Å². The van der Waals surface area contributed by atoms with Gasteiger partial charge in [-0.25, -0.2) is 4.68 Å². The van der Waals surface area contributed by atoms with Gasteiger partial charge in [0.15, 0.2) is 5.69 Å². The second kappa shape index (κ2) is 9.33. The molecule has 1 aromatic heterocycles. The third-order valence-electron chi connectivity index (χ3n) is 4.72.